The molecule has 4 aromatic carbocycles. The molecule has 5 heteroatoms. The summed E-state index contributed by atoms with van der Waals surface area (Å²) in [7, 11) is 3.36. The van der Waals surface area contributed by atoms with Crippen molar-refractivity contribution in [1.29, 1.82) is 0 Å². The van der Waals surface area contributed by atoms with Gasteiger partial charge in [0, 0.05) is 0 Å². The first-order chi connectivity index (χ1) is 18.1. The van der Waals surface area contributed by atoms with Crippen molar-refractivity contribution in [1.82, 2.24) is 0 Å². The van der Waals surface area contributed by atoms with Gasteiger partial charge in [-0.1, -0.05) is 30.3 Å². The molecule has 0 spiro atoms. The Morgan fingerprint density at radius 1 is 0.595 bits per heavy atom. The van der Waals surface area contributed by atoms with E-state index in [-0.39, 0.29) is 11.8 Å². The van der Waals surface area contributed by atoms with E-state index < -0.39 is 0 Å². The molecular weight excluding hydrogens is 462 g/mol. The first-order valence-corrected chi connectivity index (χ1v) is 12.6. The smallest absolute Gasteiger partial charge is 0.266 e. The summed E-state index contributed by atoms with van der Waals surface area (Å²) < 4.78 is 11.0. The molecule has 5 nitrogen and oxygen atoms in total. The van der Waals surface area contributed by atoms with Gasteiger partial charge in [-0.05, 0) is 107 Å². The Morgan fingerprint density at radius 2 is 1.08 bits per heavy atom. The normalized spacial score (nSPS) is 14.9. The number of fused-ring (bicyclic) bond motifs is 10. The van der Waals surface area contributed by atoms with Gasteiger partial charge in [-0.25, -0.2) is 4.90 Å². The highest BCUT2D eigenvalue weighted by atomic mass is 16.5. The topological polar surface area (TPSA) is 55.8 Å². The Kier molecular flexibility index (Phi) is 4.77. The van der Waals surface area contributed by atoms with Crippen LogP contribution in [0, 0.1) is 0 Å². The summed E-state index contributed by atoms with van der Waals surface area (Å²) in [5, 5.41) is 0. The van der Waals surface area contributed by atoms with Gasteiger partial charge in [0.25, 0.3) is 11.8 Å². The zero-order chi connectivity index (χ0) is 25.3. The van der Waals surface area contributed by atoms with Crippen LogP contribution in [-0.2, 0) is 25.7 Å². The molecule has 182 valence electrons. The third-order valence-corrected chi connectivity index (χ3v) is 8.01. The minimum atomic E-state index is -0.220. The second kappa shape index (κ2) is 8.07. The number of imide groups is 1. The average Bonchev–Trinajstić information content (AvgIpc) is 3.22. The van der Waals surface area contributed by atoms with Crippen molar-refractivity contribution in [2.45, 2.75) is 25.7 Å². The molecule has 0 bridgehead atoms. The predicted octanol–water partition coefficient (Wildman–Crippen LogP) is 6.04. The highest BCUT2D eigenvalue weighted by molar-refractivity contribution is 6.36. The molecule has 0 fully saturated rings. The van der Waals surface area contributed by atoms with Gasteiger partial charge < -0.3 is 9.47 Å². The highest BCUT2D eigenvalue weighted by Gasteiger charge is 2.44. The van der Waals surface area contributed by atoms with Crippen molar-refractivity contribution in [3.63, 3.8) is 0 Å². The second-order valence-corrected chi connectivity index (χ2v) is 9.78. The molecule has 7 rings (SSSR count). The molecule has 0 radical (unpaired) electrons. The third-order valence-electron chi connectivity index (χ3n) is 8.01. The Balaban J connectivity index is 1.56. The van der Waals surface area contributed by atoms with Crippen LogP contribution in [0.25, 0.3) is 22.3 Å². The number of anilines is 1. The molecule has 2 amide bonds. The molecule has 3 aliphatic rings. The minimum Gasteiger partial charge on any atom is -0.497 e. The number of carbonyl (C=O) groups is 2. The SMILES string of the molecule is COc1ccc2c(c1)CCc1c3c(c4c(c1-2)-c1ccc(OC)cc1CC4)C(=O)N(c1ccccc1)C3=O. The number of amides is 2. The zero-order valence-electron chi connectivity index (χ0n) is 20.8. The van der Waals surface area contributed by atoms with E-state index in [2.05, 4.69) is 24.3 Å². The second-order valence-electron chi connectivity index (χ2n) is 9.78. The standard InChI is InChI=1S/C32H25NO4/c1-36-21-10-14-23-18(16-21)8-12-25-27(23)28-24-15-11-22(37-2)17-19(24)9-13-26(28)30-29(25)31(34)33(32(30)35)20-6-4-3-5-7-20/h3-7,10-11,14-17H,8-9,12-13H2,1-2H3. The van der Waals surface area contributed by atoms with Crippen molar-refractivity contribution in [2.75, 3.05) is 19.1 Å². The van der Waals surface area contributed by atoms with Crippen LogP contribution >= 0.6 is 0 Å². The predicted molar refractivity (Wildman–Crippen MR) is 143 cm³/mol. The maximum Gasteiger partial charge on any atom is 0.266 e. The highest BCUT2D eigenvalue weighted by Crippen LogP contribution is 2.51. The molecule has 0 saturated heterocycles. The summed E-state index contributed by atoms with van der Waals surface area (Å²) in [6.45, 7) is 0. The number of aryl methyl sites for hydroxylation is 2. The summed E-state index contributed by atoms with van der Waals surface area (Å²) in [5.74, 6) is 1.21. The van der Waals surface area contributed by atoms with Gasteiger partial charge in [0.15, 0.2) is 0 Å². The van der Waals surface area contributed by atoms with Crippen molar-refractivity contribution < 1.29 is 19.1 Å². The van der Waals surface area contributed by atoms with Gasteiger partial charge in [-0.3, -0.25) is 9.59 Å². The van der Waals surface area contributed by atoms with Gasteiger partial charge in [0.1, 0.15) is 11.5 Å². The number of carbonyl (C=O) groups excluding carboxylic acids is 2. The van der Waals surface area contributed by atoms with Gasteiger partial charge in [-0.2, -0.15) is 0 Å². The number of nitrogens with zero attached hydrogens (tertiary/aromatic N) is 1. The molecular formula is C32H25NO4. The first-order valence-electron chi connectivity index (χ1n) is 12.6. The van der Waals surface area contributed by atoms with Gasteiger partial charge in [-0.15, -0.1) is 0 Å². The van der Waals surface area contributed by atoms with Crippen LogP contribution in [0.2, 0.25) is 0 Å². The summed E-state index contributed by atoms with van der Waals surface area (Å²) in [6.07, 6.45) is 2.95. The van der Waals surface area contributed by atoms with Crippen LogP contribution in [0.15, 0.2) is 66.7 Å². The largest absolute Gasteiger partial charge is 0.497 e. The molecule has 0 aromatic heterocycles. The average molecular weight is 488 g/mol. The Morgan fingerprint density at radius 3 is 1.54 bits per heavy atom. The molecule has 0 N–H and O–H groups in total. The molecule has 2 aliphatic carbocycles. The number of methoxy groups -OCH3 is 2. The van der Waals surface area contributed by atoms with Crippen LogP contribution < -0.4 is 14.4 Å². The fourth-order valence-electron chi connectivity index (χ4n) is 6.36. The Labute approximate surface area is 215 Å². The van der Waals surface area contributed by atoms with Crippen LogP contribution in [0.3, 0.4) is 0 Å². The molecule has 0 atom stereocenters. The lowest BCUT2D eigenvalue weighted by Crippen LogP contribution is -2.29. The van der Waals surface area contributed by atoms with E-state index >= 15 is 0 Å². The van der Waals surface area contributed by atoms with E-state index in [1.54, 1.807) is 14.2 Å². The van der Waals surface area contributed by atoms with E-state index in [1.165, 1.54) is 16.0 Å². The zero-order valence-corrected chi connectivity index (χ0v) is 20.8. The maximum atomic E-state index is 14.0. The number of hydrogen-bond acceptors (Lipinski definition) is 4. The lowest BCUT2D eigenvalue weighted by Gasteiger charge is -2.31. The van der Waals surface area contributed by atoms with Crippen LogP contribution in [-0.4, -0.2) is 26.0 Å². The van der Waals surface area contributed by atoms with E-state index in [4.69, 9.17) is 9.47 Å². The number of benzene rings is 4. The lowest BCUT2D eigenvalue weighted by atomic mass is 9.72. The quantitative estimate of drug-likeness (QED) is 0.331. The van der Waals surface area contributed by atoms with E-state index in [1.807, 2.05) is 42.5 Å². The molecule has 1 aliphatic heterocycles. The third kappa shape index (κ3) is 3.03. The molecule has 0 unspecified atom stereocenters. The monoisotopic (exact) mass is 487 g/mol. The Hall–Kier alpha value is -4.38. The number of hydrogen-bond donors (Lipinski definition) is 0. The minimum absolute atomic E-state index is 0.220. The van der Waals surface area contributed by atoms with Gasteiger partial charge in [0.2, 0.25) is 0 Å². The molecule has 1 heterocycles. The molecule has 4 aromatic rings. The van der Waals surface area contributed by atoms with Crippen molar-refractivity contribution in [2.24, 2.45) is 0 Å². The number of rotatable bonds is 3. The maximum absolute atomic E-state index is 14.0. The summed E-state index contributed by atoms with van der Waals surface area (Å²) >= 11 is 0. The number of para-hydroxylation sites is 1. The van der Waals surface area contributed by atoms with E-state index in [9.17, 15) is 9.59 Å². The lowest BCUT2D eigenvalue weighted by molar-refractivity contribution is 0.0925. The fraction of sp³-hybridized carbons (Fsp3) is 0.188. The van der Waals surface area contributed by atoms with Crippen molar-refractivity contribution in [3.8, 4) is 33.8 Å². The summed E-state index contributed by atoms with van der Waals surface area (Å²) in [4.78, 5) is 29.3. The van der Waals surface area contributed by atoms with Crippen LogP contribution in [0.1, 0.15) is 43.0 Å². The summed E-state index contributed by atoms with van der Waals surface area (Å²) in [6, 6.07) is 21.6. The van der Waals surface area contributed by atoms with Crippen molar-refractivity contribution in [3.05, 3.63) is 100 Å². The Bertz CT molecular complexity index is 1530. The van der Waals surface area contributed by atoms with Crippen LogP contribution in [0.5, 0.6) is 11.5 Å². The van der Waals surface area contributed by atoms with E-state index in [0.717, 1.165) is 57.7 Å². The van der Waals surface area contributed by atoms with Crippen molar-refractivity contribution >= 4 is 17.5 Å². The van der Waals surface area contributed by atoms with Crippen LogP contribution in [0.4, 0.5) is 5.69 Å². The molecule has 37 heavy (non-hydrogen) atoms. The van der Waals surface area contributed by atoms with Gasteiger partial charge >= 0.3 is 0 Å². The van der Waals surface area contributed by atoms with E-state index in [0.29, 0.717) is 29.7 Å². The molecule has 0 saturated carbocycles. The summed E-state index contributed by atoms with van der Waals surface area (Å²) in [5.41, 5.74) is 10.5. The first kappa shape index (κ1) is 21.9. The number of ether oxygens (including phenoxy) is 2. The fourth-order valence-corrected chi connectivity index (χ4v) is 6.36. The van der Waals surface area contributed by atoms with Gasteiger partial charge in [0.05, 0.1) is 31.0 Å².